The number of ether oxygens (including phenoxy) is 2. The van der Waals surface area contributed by atoms with E-state index >= 15 is 0 Å². The molecule has 1 aliphatic rings. The van der Waals surface area contributed by atoms with Crippen molar-refractivity contribution >= 4 is 17.5 Å². The van der Waals surface area contributed by atoms with Crippen LogP contribution in [0.1, 0.15) is 18.9 Å². The summed E-state index contributed by atoms with van der Waals surface area (Å²) in [6, 6.07) is 7.53. The fourth-order valence-electron chi connectivity index (χ4n) is 2.26. The average molecular weight is 331 g/mol. The topological polar surface area (TPSA) is 66.2 Å². The van der Waals surface area contributed by atoms with Crippen molar-refractivity contribution in [3.63, 3.8) is 0 Å². The number of para-hydroxylation sites is 2. The molecule has 2 aromatic rings. The van der Waals surface area contributed by atoms with Gasteiger partial charge in [0.25, 0.3) is 0 Å². The van der Waals surface area contributed by atoms with Crippen LogP contribution in [0, 0.1) is 0 Å². The number of aromatic nitrogens is 3. The quantitative estimate of drug-likeness (QED) is 0.599. The van der Waals surface area contributed by atoms with Crippen molar-refractivity contribution in [2.24, 2.45) is 0 Å². The normalized spacial score (nSPS) is 16.1. The Morgan fingerprint density at radius 2 is 2.22 bits per heavy atom. The first kappa shape index (κ1) is 15.6. The van der Waals surface area contributed by atoms with Gasteiger partial charge in [-0.25, -0.2) is 0 Å². The van der Waals surface area contributed by atoms with Gasteiger partial charge >= 0.3 is 0 Å². The highest BCUT2D eigenvalue weighted by atomic mass is 32.2. The number of hydrogen-bond acceptors (Lipinski definition) is 6. The van der Waals surface area contributed by atoms with Gasteiger partial charge in [-0.3, -0.25) is 9.36 Å². The first-order chi connectivity index (χ1) is 11.2. The van der Waals surface area contributed by atoms with E-state index in [1.54, 1.807) is 13.0 Å². The Morgan fingerprint density at radius 3 is 2.96 bits per heavy atom. The minimum atomic E-state index is -0.343. The zero-order valence-electron chi connectivity index (χ0n) is 12.8. The molecule has 0 saturated carbocycles. The minimum Gasteiger partial charge on any atom is -0.485 e. The van der Waals surface area contributed by atoms with E-state index in [0.29, 0.717) is 35.6 Å². The number of carbonyl (C=O) groups excluding carboxylic acids is 1. The van der Waals surface area contributed by atoms with Crippen molar-refractivity contribution in [1.29, 1.82) is 0 Å². The highest BCUT2D eigenvalue weighted by Gasteiger charge is 2.28. The van der Waals surface area contributed by atoms with E-state index in [-0.39, 0.29) is 11.9 Å². The summed E-state index contributed by atoms with van der Waals surface area (Å²) in [6.07, 6.45) is 1.42. The number of allylic oxidation sites excluding steroid dienone is 1. The first-order valence-corrected chi connectivity index (χ1v) is 8.22. The molecule has 1 aromatic carbocycles. The SMILES string of the molecule is C=CCn1c(SCC(C)=O)nnc1C1COc2ccccc2O1. The molecule has 3 rings (SSSR count). The van der Waals surface area contributed by atoms with E-state index in [9.17, 15) is 4.79 Å². The molecule has 0 radical (unpaired) electrons. The van der Waals surface area contributed by atoms with Crippen LogP contribution in [0.4, 0.5) is 0 Å². The molecule has 0 saturated heterocycles. The molecule has 6 nitrogen and oxygen atoms in total. The number of fused-ring (bicyclic) bond motifs is 1. The van der Waals surface area contributed by atoms with Crippen molar-refractivity contribution in [3.8, 4) is 11.5 Å². The van der Waals surface area contributed by atoms with Crippen LogP contribution in [0.5, 0.6) is 11.5 Å². The predicted octanol–water partition coefficient (Wildman–Crippen LogP) is 2.66. The number of ketones is 1. The average Bonchev–Trinajstić information content (AvgIpc) is 2.95. The van der Waals surface area contributed by atoms with E-state index in [1.807, 2.05) is 28.8 Å². The van der Waals surface area contributed by atoms with Gasteiger partial charge in [0.2, 0.25) is 0 Å². The Bertz CT molecular complexity index is 729. The molecule has 0 bridgehead atoms. The molecule has 0 aliphatic carbocycles. The number of hydrogen-bond donors (Lipinski definition) is 0. The fraction of sp³-hybridized carbons (Fsp3) is 0.312. The van der Waals surface area contributed by atoms with Crippen LogP contribution in [-0.2, 0) is 11.3 Å². The maximum absolute atomic E-state index is 11.2. The third kappa shape index (κ3) is 3.39. The summed E-state index contributed by atoms with van der Waals surface area (Å²) in [4.78, 5) is 11.2. The van der Waals surface area contributed by atoms with Gasteiger partial charge in [-0.1, -0.05) is 30.0 Å². The number of benzene rings is 1. The predicted molar refractivity (Wildman–Crippen MR) is 86.9 cm³/mol. The van der Waals surface area contributed by atoms with Crippen molar-refractivity contribution in [2.75, 3.05) is 12.4 Å². The summed E-state index contributed by atoms with van der Waals surface area (Å²) in [6.45, 7) is 6.23. The second-order valence-electron chi connectivity index (χ2n) is 5.09. The van der Waals surface area contributed by atoms with Crippen LogP contribution >= 0.6 is 11.8 Å². The Kier molecular flexibility index (Phi) is 4.66. The molecule has 7 heteroatoms. The summed E-state index contributed by atoms with van der Waals surface area (Å²) < 4.78 is 13.6. The van der Waals surface area contributed by atoms with Crippen LogP contribution in [0.25, 0.3) is 0 Å². The first-order valence-electron chi connectivity index (χ1n) is 7.23. The lowest BCUT2D eigenvalue weighted by molar-refractivity contribution is -0.114. The van der Waals surface area contributed by atoms with Crippen LogP contribution in [0.3, 0.4) is 0 Å². The van der Waals surface area contributed by atoms with Crippen LogP contribution < -0.4 is 9.47 Å². The van der Waals surface area contributed by atoms with E-state index in [4.69, 9.17) is 9.47 Å². The molecule has 23 heavy (non-hydrogen) atoms. The number of Topliss-reactive ketones (excluding diaryl/α,β-unsaturated/α-hetero) is 1. The highest BCUT2D eigenvalue weighted by Crippen LogP contribution is 2.36. The molecule has 1 aliphatic heterocycles. The second kappa shape index (κ2) is 6.87. The standard InChI is InChI=1S/C16H17N3O3S/c1-3-8-19-15(17-18-16(19)23-10-11(2)20)14-9-21-12-6-4-5-7-13(12)22-14/h3-7,14H,1,8-10H2,2H3. The lowest BCUT2D eigenvalue weighted by Gasteiger charge is -2.26. The highest BCUT2D eigenvalue weighted by molar-refractivity contribution is 7.99. The number of thioether (sulfide) groups is 1. The largest absolute Gasteiger partial charge is 0.485 e. The summed E-state index contributed by atoms with van der Waals surface area (Å²) in [5, 5.41) is 9.09. The molecule has 1 atom stereocenters. The van der Waals surface area contributed by atoms with Crippen LogP contribution in [-0.4, -0.2) is 32.9 Å². The van der Waals surface area contributed by atoms with Gasteiger partial charge in [0, 0.05) is 6.54 Å². The smallest absolute Gasteiger partial charge is 0.192 e. The molecule has 120 valence electrons. The van der Waals surface area contributed by atoms with Crippen molar-refractivity contribution in [3.05, 3.63) is 42.7 Å². The Hall–Kier alpha value is -2.28. The van der Waals surface area contributed by atoms with Gasteiger partial charge in [0.1, 0.15) is 12.4 Å². The van der Waals surface area contributed by atoms with E-state index < -0.39 is 0 Å². The summed E-state index contributed by atoms with van der Waals surface area (Å²) in [7, 11) is 0. The number of nitrogens with zero attached hydrogens (tertiary/aromatic N) is 3. The van der Waals surface area contributed by atoms with Crippen molar-refractivity contribution in [2.45, 2.75) is 24.7 Å². The Labute approximate surface area is 138 Å². The number of carbonyl (C=O) groups is 1. The fourth-order valence-corrected chi connectivity index (χ4v) is 3.01. The third-order valence-corrected chi connectivity index (χ3v) is 4.37. The molecule has 1 unspecified atom stereocenters. The summed E-state index contributed by atoms with van der Waals surface area (Å²) >= 11 is 1.36. The van der Waals surface area contributed by atoms with Gasteiger partial charge in [0.05, 0.1) is 5.75 Å². The summed E-state index contributed by atoms with van der Waals surface area (Å²) in [5.74, 6) is 2.54. The monoisotopic (exact) mass is 331 g/mol. The van der Waals surface area contributed by atoms with Gasteiger partial charge in [0.15, 0.2) is 28.6 Å². The van der Waals surface area contributed by atoms with Gasteiger partial charge in [-0.05, 0) is 19.1 Å². The molecule has 0 fully saturated rings. The lowest BCUT2D eigenvalue weighted by atomic mass is 10.2. The molecule has 0 amide bonds. The maximum Gasteiger partial charge on any atom is 0.192 e. The molecular weight excluding hydrogens is 314 g/mol. The van der Waals surface area contributed by atoms with E-state index in [0.717, 1.165) is 5.75 Å². The third-order valence-electron chi connectivity index (χ3n) is 3.26. The molecule has 2 heterocycles. The molecular formula is C16H17N3O3S. The van der Waals surface area contributed by atoms with E-state index in [1.165, 1.54) is 11.8 Å². The Morgan fingerprint density at radius 1 is 1.43 bits per heavy atom. The molecule has 0 spiro atoms. The van der Waals surface area contributed by atoms with Crippen molar-refractivity contribution < 1.29 is 14.3 Å². The molecule has 0 N–H and O–H groups in total. The minimum absolute atomic E-state index is 0.0934. The van der Waals surface area contributed by atoms with E-state index in [2.05, 4.69) is 16.8 Å². The van der Waals surface area contributed by atoms with Gasteiger partial charge in [-0.2, -0.15) is 0 Å². The zero-order valence-corrected chi connectivity index (χ0v) is 13.6. The summed E-state index contributed by atoms with van der Waals surface area (Å²) in [5.41, 5.74) is 0. The van der Waals surface area contributed by atoms with Crippen LogP contribution in [0.2, 0.25) is 0 Å². The Balaban J connectivity index is 1.85. The lowest BCUT2D eigenvalue weighted by Crippen LogP contribution is -2.25. The zero-order chi connectivity index (χ0) is 16.2. The maximum atomic E-state index is 11.2. The van der Waals surface area contributed by atoms with Gasteiger partial charge in [-0.15, -0.1) is 16.8 Å². The number of rotatable bonds is 6. The van der Waals surface area contributed by atoms with Crippen LogP contribution in [0.15, 0.2) is 42.1 Å². The molecule has 1 aromatic heterocycles. The van der Waals surface area contributed by atoms with Gasteiger partial charge < -0.3 is 9.47 Å². The van der Waals surface area contributed by atoms with Crippen molar-refractivity contribution in [1.82, 2.24) is 14.8 Å². The second-order valence-corrected chi connectivity index (χ2v) is 6.04.